The van der Waals surface area contributed by atoms with Gasteiger partial charge in [-0.2, -0.15) is 4.31 Å². The number of nitrogens with zero attached hydrogens (tertiary/aromatic N) is 1. The lowest BCUT2D eigenvalue weighted by Gasteiger charge is -2.31. The van der Waals surface area contributed by atoms with Crippen LogP contribution < -0.4 is 10.1 Å². The number of rotatable bonds is 8. The van der Waals surface area contributed by atoms with Crippen molar-refractivity contribution in [2.24, 2.45) is 5.92 Å². The molecule has 1 aliphatic rings. The van der Waals surface area contributed by atoms with Crippen LogP contribution in [-0.2, 0) is 27.7 Å². The van der Waals surface area contributed by atoms with Crippen molar-refractivity contribution in [1.29, 1.82) is 0 Å². The van der Waals surface area contributed by atoms with Crippen LogP contribution in [0.4, 0.5) is 5.69 Å². The Labute approximate surface area is 196 Å². The van der Waals surface area contributed by atoms with Gasteiger partial charge in [0.1, 0.15) is 5.75 Å². The van der Waals surface area contributed by atoms with Gasteiger partial charge in [0.05, 0.1) is 16.5 Å². The van der Waals surface area contributed by atoms with Crippen LogP contribution in [0.1, 0.15) is 44.7 Å². The number of aryl methyl sites for hydroxylation is 2. The summed E-state index contributed by atoms with van der Waals surface area (Å²) in [4.78, 5) is 13.1. The van der Waals surface area contributed by atoms with Crippen molar-refractivity contribution >= 4 is 33.2 Å². The second-order valence-electron chi connectivity index (χ2n) is 7.85. The molecule has 174 valence electrons. The molecular formula is C24H31ClN2O4S. The van der Waals surface area contributed by atoms with E-state index < -0.39 is 10.0 Å². The first-order valence-corrected chi connectivity index (χ1v) is 13.0. The summed E-state index contributed by atoms with van der Waals surface area (Å²) in [6.07, 6.45) is 2.63. The molecule has 0 unspecified atom stereocenters. The zero-order valence-electron chi connectivity index (χ0n) is 18.9. The molecule has 0 aromatic heterocycles. The van der Waals surface area contributed by atoms with E-state index in [9.17, 15) is 13.2 Å². The Bertz CT molecular complexity index is 1040. The maximum Gasteiger partial charge on any atom is 0.243 e. The van der Waals surface area contributed by atoms with E-state index in [2.05, 4.69) is 19.2 Å². The van der Waals surface area contributed by atoms with E-state index in [1.807, 2.05) is 25.1 Å². The van der Waals surface area contributed by atoms with Crippen LogP contribution in [0.15, 0.2) is 41.3 Å². The minimum Gasteiger partial charge on any atom is -0.492 e. The van der Waals surface area contributed by atoms with Gasteiger partial charge in [0.25, 0.3) is 0 Å². The smallest absolute Gasteiger partial charge is 0.243 e. The predicted molar refractivity (Wildman–Crippen MR) is 128 cm³/mol. The van der Waals surface area contributed by atoms with Gasteiger partial charge in [-0.1, -0.05) is 43.6 Å². The third-order valence-electron chi connectivity index (χ3n) is 5.91. The molecule has 0 radical (unpaired) electrons. The molecule has 1 fully saturated rings. The van der Waals surface area contributed by atoms with Crippen LogP contribution in [0.2, 0.25) is 5.02 Å². The molecule has 32 heavy (non-hydrogen) atoms. The van der Waals surface area contributed by atoms with Crippen LogP contribution in [0.25, 0.3) is 0 Å². The van der Waals surface area contributed by atoms with Crippen LogP contribution in [-0.4, -0.2) is 38.3 Å². The number of carbonyl (C=O) groups excluding carboxylic acids is 1. The fraction of sp³-hybridized carbons (Fsp3) is 0.458. The van der Waals surface area contributed by atoms with Gasteiger partial charge in [0, 0.05) is 24.7 Å². The lowest BCUT2D eigenvalue weighted by atomic mass is 9.96. The molecule has 8 heteroatoms. The molecule has 0 saturated carbocycles. The van der Waals surface area contributed by atoms with E-state index in [0.29, 0.717) is 38.3 Å². The van der Waals surface area contributed by atoms with Crippen molar-refractivity contribution in [3.8, 4) is 5.75 Å². The molecule has 0 spiro atoms. The number of halogens is 1. The van der Waals surface area contributed by atoms with Crippen LogP contribution in [0.5, 0.6) is 5.75 Å². The molecule has 2 aromatic carbocycles. The molecule has 2 aromatic rings. The van der Waals surface area contributed by atoms with Crippen molar-refractivity contribution < 1.29 is 17.9 Å². The monoisotopic (exact) mass is 478 g/mol. The standard InChI is InChI=1S/C24H31ClN2O4S/c1-4-17-8-7-9-18(5-2)23(17)26-24(28)19-12-14-27(15-13-19)32(29,30)20-10-11-22(31-6-3)21(25)16-20/h7-11,16,19H,4-6,12-15H2,1-3H3,(H,26,28). The number of benzene rings is 2. The topological polar surface area (TPSA) is 75.7 Å². The molecule has 3 rings (SSSR count). The molecule has 0 bridgehead atoms. The molecule has 0 aliphatic carbocycles. The fourth-order valence-corrected chi connectivity index (χ4v) is 5.85. The maximum absolute atomic E-state index is 13.1. The summed E-state index contributed by atoms with van der Waals surface area (Å²) in [5, 5.41) is 3.39. The Balaban J connectivity index is 1.67. The van der Waals surface area contributed by atoms with Gasteiger partial charge >= 0.3 is 0 Å². The van der Waals surface area contributed by atoms with Crippen molar-refractivity contribution in [3.05, 3.63) is 52.5 Å². The number of carbonyl (C=O) groups is 1. The van der Waals surface area contributed by atoms with Gasteiger partial charge in [-0.05, 0) is 61.9 Å². The number of para-hydroxylation sites is 1. The summed E-state index contributed by atoms with van der Waals surface area (Å²) in [5.41, 5.74) is 3.14. The minimum absolute atomic E-state index is 0.0400. The molecule has 6 nitrogen and oxygen atoms in total. The normalized spacial score (nSPS) is 15.5. The summed E-state index contributed by atoms with van der Waals surface area (Å²) in [6, 6.07) is 10.6. The Morgan fingerprint density at radius 1 is 1.09 bits per heavy atom. The van der Waals surface area contributed by atoms with Gasteiger partial charge < -0.3 is 10.1 Å². The highest BCUT2D eigenvalue weighted by molar-refractivity contribution is 7.89. The van der Waals surface area contributed by atoms with Crippen molar-refractivity contribution in [2.45, 2.75) is 51.3 Å². The number of amides is 1. The lowest BCUT2D eigenvalue weighted by Crippen LogP contribution is -2.41. The van der Waals surface area contributed by atoms with Crippen molar-refractivity contribution in [2.75, 3.05) is 25.0 Å². The number of hydrogen-bond donors (Lipinski definition) is 1. The highest BCUT2D eigenvalue weighted by Gasteiger charge is 2.32. The Hall–Kier alpha value is -2.09. The summed E-state index contributed by atoms with van der Waals surface area (Å²) in [6.45, 7) is 7.01. The summed E-state index contributed by atoms with van der Waals surface area (Å²) < 4.78 is 33.0. The predicted octanol–water partition coefficient (Wildman–Crippen LogP) is 4.90. The van der Waals surface area contributed by atoms with Gasteiger partial charge in [-0.3, -0.25) is 4.79 Å². The molecular weight excluding hydrogens is 448 g/mol. The SMILES string of the molecule is CCOc1ccc(S(=O)(=O)N2CCC(C(=O)Nc3c(CC)cccc3CC)CC2)cc1Cl. The Kier molecular flexibility index (Phi) is 8.20. The van der Waals surface area contributed by atoms with Gasteiger partial charge in [-0.15, -0.1) is 0 Å². The zero-order valence-corrected chi connectivity index (χ0v) is 20.4. The minimum atomic E-state index is -3.68. The number of anilines is 1. The first-order valence-electron chi connectivity index (χ1n) is 11.2. The second-order valence-corrected chi connectivity index (χ2v) is 10.2. The zero-order chi connectivity index (χ0) is 23.3. The first kappa shape index (κ1) is 24.6. The second kappa shape index (κ2) is 10.7. The Morgan fingerprint density at radius 3 is 2.25 bits per heavy atom. The third kappa shape index (κ3) is 5.27. The van der Waals surface area contributed by atoms with E-state index in [1.165, 1.54) is 16.4 Å². The van der Waals surface area contributed by atoms with Crippen LogP contribution in [0.3, 0.4) is 0 Å². The largest absolute Gasteiger partial charge is 0.492 e. The van der Waals surface area contributed by atoms with Crippen molar-refractivity contribution in [3.63, 3.8) is 0 Å². The molecule has 1 amide bonds. The third-order valence-corrected chi connectivity index (χ3v) is 8.10. The fourth-order valence-electron chi connectivity index (χ4n) is 4.05. The van der Waals surface area contributed by atoms with E-state index in [1.54, 1.807) is 6.07 Å². The Morgan fingerprint density at radius 2 is 1.72 bits per heavy atom. The molecule has 1 aliphatic heterocycles. The molecule has 1 heterocycles. The lowest BCUT2D eigenvalue weighted by molar-refractivity contribution is -0.120. The van der Waals surface area contributed by atoms with Crippen LogP contribution in [0, 0.1) is 5.92 Å². The molecule has 1 N–H and O–H groups in total. The van der Waals surface area contributed by atoms with Gasteiger partial charge in [0.15, 0.2) is 0 Å². The first-order chi connectivity index (χ1) is 15.3. The van der Waals surface area contributed by atoms with Crippen molar-refractivity contribution in [1.82, 2.24) is 4.31 Å². The summed E-state index contributed by atoms with van der Waals surface area (Å²) in [7, 11) is -3.68. The van der Waals surface area contributed by atoms with E-state index in [0.717, 1.165) is 29.7 Å². The summed E-state index contributed by atoms with van der Waals surface area (Å²) >= 11 is 6.18. The van der Waals surface area contributed by atoms with Gasteiger partial charge in [0.2, 0.25) is 15.9 Å². The van der Waals surface area contributed by atoms with Crippen LogP contribution >= 0.6 is 11.6 Å². The number of hydrogen-bond acceptors (Lipinski definition) is 4. The quantitative estimate of drug-likeness (QED) is 0.585. The van der Waals surface area contributed by atoms with Gasteiger partial charge in [-0.25, -0.2) is 8.42 Å². The number of ether oxygens (including phenoxy) is 1. The number of sulfonamides is 1. The number of piperidine rings is 1. The summed E-state index contributed by atoms with van der Waals surface area (Å²) in [5.74, 6) is 0.198. The van der Waals surface area contributed by atoms with E-state index in [4.69, 9.17) is 16.3 Å². The highest BCUT2D eigenvalue weighted by Crippen LogP contribution is 2.31. The average Bonchev–Trinajstić information content (AvgIpc) is 2.80. The molecule has 1 saturated heterocycles. The van der Waals surface area contributed by atoms with E-state index >= 15 is 0 Å². The maximum atomic E-state index is 13.1. The molecule has 0 atom stereocenters. The average molecular weight is 479 g/mol. The number of nitrogens with one attached hydrogen (secondary N) is 1. The highest BCUT2D eigenvalue weighted by atomic mass is 35.5. The van der Waals surface area contributed by atoms with E-state index in [-0.39, 0.29) is 21.7 Å².